The van der Waals surface area contributed by atoms with E-state index in [2.05, 4.69) is 19.1 Å². The third-order valence-corrected chi connectivity index (χ3v) is 2.26. The van der Waals surface area contributed by atoms with Crippen LogP contribution in [0.5, 0.6) is 0 Å². The molecule has 0 aromatic carbocycles. The first-order valence-corrected chi connectivity index (χ1v) is 4.60. The Bertz CT molecular complexity index is 103. The molecule has 0 radical (unpaired) electrons. The largest absolute Gasteiger partial charge is 0.0883 e. The van der Waals surface area contributed by atoms with Gasteiger partial charge in [-0.15, -0.1) is 0 Å². The minimum Gasteiger partial charge on any atom is -0.0883 e. The normalized spacial score (nSPS) is 26.3. The summed E-state index contributed by atoms with van der Waals surface area (Å²) in [6.45, 7) is 2.28. The molecule has 0 N–H and O–H groups in total. The molecule has 0 heteroatoms. The van der Waals surface area contributed by atoms with Gasteiger partial charge in [-0.2, -0.15) is 0 Å². The molecule has 0 nitrogen and oxygen atoms in total. The zero-order chi connectivity index (χ0) is 7.23. The second kappa shape index (κ2) is 4.54. The fourth-order valence-corrected chi connectivity index (χ4v) is 1.66. The minimum absolute atomic E-state index is 0.910. The topological polar surface area (TPSA) is 0 Å². The van der Waals surface area contributed by atoms with Crippen molar-refractivity contribution in [1.29, 1.82) is 0 Å². The second-order valence-corrected chi connectivity index (χ2v) is 3.26. The van der Waals surface area contributed by atoms with Crippen molar-refractivity contribution >= 4 is 0 Å². The van der Waals surface area contributed by atoms with Gasteiger partial charge in [0, 0.05) is 0 Å². The van der Waals surface area contributed by atoms with E-state index in [1.807, 2.05) is 0 Å². The van der Waals surface area contributed by atoms with Gasteiger partial charge in [0.15, 0.2) is 0 Å². The summed E-state index contributed by atoms with van der Waals surface area (Å²) in [5.74, 6) is 0.910. The third kappa shape index (κ3) is 2.55. The summed E-state index contributed by atoms with van der Waals surface area (Å²) >= 11 is 0. The average molecular weight is 138 g/mol. The first-order chi connectivity index (χ1) is 4.93. The highest BCUT2D eigenvalue weighted by Crippen LogP contribution is 2.20. The molecular weight excluding hydrogens is 120 g/mol. The van der Waals surface area contributed by atoms with Gasteiger partial charge in [-0.05, 0) is 31.6 Å². The maximum atomic E-state index is 2.43. The Hall–Kier alpha value is -0.260. The predicted octanol–water partition coefficient (Wildman–Crippen LogP) is 3.53. The van der Waals surface area contributed by atoms with Crippen molar-refractivity contribution in [2.24, 2.45) is 5.92 Å². The van der Waals surface area contributed by atoms with Gasteiger partial charge in [0.1, 0.15) is 0 Å². The maximum absolute atomic E-state index is 2.43. The van der Waals surface area contributed by atoms with Crippen LogP contribution >= 0.6 is 0 Å². The van der Waals surface area contributed by atoms with Crippen molar-refractivity contribution in [3.8, 4) is 0 Å². The summed E-state index contributed by atoms with van der Waals surface area (Å²) in [5.41, 5.74) is 0. The van der Waals surface area contributed by atoms with Crippen LogP contribution in [0.1, 0.15) is 45.4 Å². The molecule has 10 heavy (non-hydrogen) atoms. The summed E-state index contributed by atoms with van der Waals surface area (Å²) in [6.07, 6.45) is 13.1. The zero-order valence-corrected chi connectivity index (χ0v) is 6.97. The molecule has 0 amide bonds. The molecule has 0 fully saturated rings. The van der Waals surface area contributed by atoms with Crippen molar-refractivity contribution in [1.82, 2.24) is 0 Å². The lowest BCUT2D eigenvalue weighted by atomic mass is 9.99. The average Bonchev–Trinajstić information content (AvgIpc) is 2.17. The minimum atomic E-state index is 0.910. The summed E-state index contributed by atoms with van der Waals surface area (Å²) in [5, 5.41) is 0. The quantitative estimate of drug-likeness (QED) is 0.512. The van der Waals surface area contributed by atoms with Crippen LogP contribution in [0.3, 0.4) is 0 Å². The van der Waals surface area contributed by atoms with Crippen molar-refractivity contribution in [3.63, 3.8) is 0 Å². The molecule has 1 aliphatic carbocycles. The highest BCUT2D eigenvalue weighted by Gasteiger charge is 2.04. The van der Waals surface area contributed by atoms with Gasteiger partial charge in [-0.1, -0.05) is 31.9 Å². The monoisotopic (exact) mass is 138 g/mol. The van der Waals surface area contributed by atoms with Gasteiger partial charge in [0.25, 0.3) is 0 Å². The van der Waals surface area contributed by atoms with E-state index in [0.717, 1.165) is 5.92 Å². The Morgan fingerprint density at radius 3 is 3.10 bits per heavy atom. The highest BCUT2D eigenvalue weighted by atomic mass is 14.1. The van der Waals surface area contributed by atoms with Gasteiger partial charge in [-0.25, -0.2) is 0 Å². The van der Waals surface area contributed by atoms with Crippen LogP contribution in [0, 0.1) is 5.92 Å². The summed E-state index contributed by atoms with van der Waals surface area (Å²) in [4.78, 5) is 0. The fourth-order valence-electron chi connectivity index (χ4n) is 1.66. The number of hydrogen-bond donors (Lipinski definition) is 0. The van der Waals surface area contributed by atoms with Crippen molar-refractivity contribution in [3.05, 3.63) is 12.2 Å². The Morgan fingerprint density at radius 1 is 1.40 bits per heavy atom. The molecule has 0 heterocycles. The SMILES string of the molecule is CCCC1C=CCCCC1. The van der Waals surface area contributed by atoms with Crippen molar-refractivity contribution in [2.45, 2.75) is 45.4 Å². The summed E-state index contributed by atoms with van der Waals surface area (Å²) < 4.78 is 0. The van der Waals surface area contributed by atoms with Crippen LogP contribution in [0.25, 0.3) is 0 Å². The van der Waals surface area contributed by atoms with E-state index in [1.165, 1.54) is 38.5 Å². The van der Waals surface area contributed by atoms with Crippen LogP contribution in [-0.4, -0.2) is 0 Å². The molecule has 0 saturated heterocycles. The van der Waals surface area contributed by atoms with E-state index in [0.29, 0.717) is 0 Å². The van der Waals surface area contributed by atoms with E-state index in [-0.39, 0.29) is 0 Å². The molecule has 1 atom stereocenters. The summed E-state index contributed by atoms with van der Waals surface area (Å²) in [7, 11) is 0. The van der Waals surface area contributed by atoms with Crippen LogP contribution in [0.4, 0.5) is 0 Å². The standard InChI is InChI=1S/C10H18/c1-2-7-10-8-5-3-4-6-9-10/h5,8,10H,2-4,6-7,9H2,1H3. The Labute approximate surface area is 64.3 Å². The Balaban J connectivity index is 2.27. The Morgan fingerprint density at radius 2 is 2.30 bits per heavy atom. The molecule has 0 aromatic heterocycles. The van der Waals surface area contributed by atoms with Crippen LogP contribution in [0.15, 0.2) is 12.2 Å². The first kappa shape index (κ1) is 7.84. The third-order valence-electron chi connectivity index (χ3n) is 2.26. The van der Waals surface area contributed by atoms with E-state index >= 15 is 0 Å². The lowest BCUT2D eigenvalue weighted by Crippen LogP contribution is -1.93. The second-order valence-electron chi connectivity index (χ2n) is 3.26. The van der Waals surface area contributed by atoms with Crippen molar-refractivity contribution in [2.75, 3.05) is 0 Å². The smallest absolute Gasteiger partial charge is 0.0234 e. The van der Waals surface area contributed by atoms with Crippen LogP contribution < -0.4 is 0 Å². The van der Waals surface area contributed by atoms with Gasteiger partial charge < -0.3 is 0 Å². The van der Waals surface area contributed by atoms with Crippen LogP contribution in [0.2, 0.25) is 0 Å². The van der Waals surface area contributed by atoms with E-state index < -0.39 is 0 Å². The van der Waals surface area contributed by atoms with E-state index in [4.69, 9.17) is 0 Å². The molecule has 1 unspecified atom stereocenters. The molecule has 1 rings (SSSR count). The van der Waals surface area contributed by atoms with Gasteiger partial charge in [0.2, 0.25) is 0 Å². The fraction of sp³-hybridized carbons (Fsp3) is 0.800. The summed E-state index contributed by atoms with van der Waals surface area (Å²) in [6, 6.07) is 0. The predicted molar refractivity (Wildman–Crippen MR) is 46.0 cm³/mol. The van der Waals surface area contributed by atoms with E-state index in [1.54, 1.807) is 0 Å². The molecule has 0 aromatic rings. The lowest BCUT2D eigenvalue weighted by molar-refractivity contribution is 0.519. The number of rotatable bonds is 2. The zero-order valence-electron chi connectivity index (χ0n) is 6.97. The number of hydrogen-bond acceptors (Lipinski definition) is 0. The molecule has 0 spiro atoms. The molecule has 58 valence electrons. The van der Waals surface area contributed by atoms with Crippen molar-refractivity contribution < 1.29 is 0 Å². The molecule has 0 bridgehead atoms. The van der Waals surface area contributed by atoms with Gasteiger partial charge in [0.05, 0.1) is 0 Å². The van der Waals surface area contributed by atoms with E-state index in [9.17, 15) is 0 Å². The van der Waals surface area contributed by atoms with Gasteiger partial charge >= 0.3 is 0 Å². The molecular formula is C10H18. The van der Waals surface area contributed by atoms with Gasteiger partial charge in [-0.3, -0.25) is 0 Å². The van der Waals surface area contributed by atoms with Crippen LogP contribution in [-0.2, 0) is 0 Å². The maximum Gasteiger partial charge on any atom is -0.0234 e. The molecule has 0 saturated carbocycles. The lowest BCUT2D eigenvalue weighted by Gasteiger charge is -2.07. The number of allylic oxidation sites excluding steroid dienone is 2. The molecule has 1 aliphatic rings. The Kier molecular flexibility index (Phi) is 3.56. The molecule has 0 aliphatic heterocycles. The highest BCUT2D eigenvalue weighted by molar-refractivity contribution is 4.90. The first-order valence-electron chi connectivity index (χ1n) is 4.60.